The van der Waals surface area contributed by atoms with Crippen LogP contribution in [-0.4, -0.2) is 39.0 Å². The lowest BCUT2D eigenvalue weighted by molar-refractivity contribution is -0.133. The number of rotatable bonds is 10. The summed E-state index contributed by atoms with van der Waals surface area (Å²) in [6, 6.07) is 26.8. The number of carbonyl (C=O) groups is 1. The van der Waals surface area contributed by atoms with Crippen molar-refractivity contribution < 1.29 is 28.1 Å². The third-order valence-electron chi connectivity index (χ3n) is 9.34. The molecule has 0 bridgehead atoms. The molecule has 308 valence electrons. The molecule has 0 fully saturated rings. The van der Waals surface area contributed by atoms with Crippen LogP contribution >= 0.6 is 0 Å². The van der Waals surface area contributed by atoms with Gasteiger partial charge >= 0.3 is 0 Å². The number of aromatic nitrogens is 4. The molecular formula is C48H50N6O6. The summed E-state index contributed by atoms with van der Waals surface area (Å²) in [4.78, 5) is 19.8. The number of benzene rings is 4. The minimum absolute atomic E-state index is 0.0255. The molecule has 0 saturated heterocycles. The minimum Gasteiger partial charge on any atom is -0.490 e. The average Bonchev–Trinajstić information content (AvgIpc) is 4.05. The van der Waals surface area contributed by atoms with Crippen molar-refractivity contribution in [1.29, 1.82) is 10.5 Å². The quantitative estimate of drug-likeness (QED) is 0.120. The van der Waals surface area contributed by atoms with E-state index < -0.39 is 0 Å². The highest BCUT2D eigenvalue weighted by molar-refractivity contribution is 5.68. The molecule has 2 heterocycles. The highest BCUT2D eigenvalue weighted by Gasteiger charge is 2.28. The summed E-state index contributed by atoms with van der Waals surface area (Å²) in [5.74, 6) is 2.87. The Morgan fingerprint density at radius 2 is 1.30 bits per heavy atom. The number of hydrogen-bond donors (Lipinski definition) is 0. The molecule has 8 rings (SSSR count). The van der Waals surface area contributed by atoms with Gasteiger partial charge in [0.25, 0.3) is 18.3 Å². The fourth-order valence-electron chi connectivity index (χ4n) is 6.97. The third kappa shape index (κ3) is 10.4. The van der Waals surface area contributed by atoms with Crippen molar-refractivity contribution in [3.63, 3.8) is 0 Å². The standard InChI is InChI=1S/C22H19N3O4.C21H19N3O2.C5H12/c1-13(2)28-19-8-6-14(10-15(19)11-23)22-24-21(25-29-22)18-5-3-4-17-16(18)7-9-20(17)27-12-26;1-13(2)25-19-11-15(9-10-16(19)12-22)21-23-20(24-26-21)18-8-4-6-14-5-3-7-17(14)18;1-5(2,3)4/h3-6,8,10,12-13,20H,7,9H2,1-2H3;4,6,8-11,13H,3,5,7H2,1-2H3;1-4H3/t20-;;/m1../s1. The zero-order chi connectivity index (χ0) is 43.0. The first-order valence-electron chi connectivity index (χ1n) is 20.2. The van der Waals surface area contributed by atoms with E-state index in [1.807, 2.05) is 58.0 Å². The highest BCUT2D eigenvalue weighted by atomic mass is 16.5. The summed E-state index contributed by atoms with van der Waals surface area (Å²) in [5.41, 5.74) is 9.42. The van der Waals surface area contributed by atoms with Crippen molar-refractivity contribution in [1.82, 2.24) is 20.3 Å². The van der Waals surface area contributed by atoms with Crippen LogP contribution in [0.15, 0.2) is 81.8 Å². The van der Waals surface area contributed by atoms with E-state index in [1.165, 1.54) is 17.5 Å². The number of nitrogens with zero attached hydrogens (tertiary/aromatic N) is 6. The first-order chi connectivity index (χ1) is 28.8. The Kier molecular flexibility index (Phi) is 13.5. The van der Waals surface area contributed by atoms with Crippen molar-refractivity contribution in [3.05, 3.63) is 106 Å². The molecule has 0 aliphatic heterocycles. The van der Waals surface area contributed by atoms with E-state index >= 15 is 0 Å². The number of nitriles is 2. The molecule has 4 aromatic carbocycles. The van der Waals surface area contributed by atoms with Gasteiger partial charge in [-0.1, -0.05) is 74.4 Å². The topological polar surface area (TPSA) is 170 Å². The molecule has 12 nitrogen and oxygen atoms in total. The molecule has 0 saturated carbocycles. The van der Waals surface area contributed by atoms with Crippen LogP contribution in [0.1, 0.15) is 108 Å². The molecule has 6 aromatic rings. The monoisotopic (exact) mass is 806 g/mol. The molecule has 0 amide bonds. The lowest BCUT2D eigenvalue weighted by atomic mass is 10.0. The fourth-order valence-corrected chi connectivity index (χ4v) is 6.97. The fraction of sp³-hybridized carbons (Fsp3) is 0.354. The first-order valence-corrected chi connectivity index (χ1v) is 20.2. The second kappa shape index (κ2) is 18.9. The summed E-state index contributed by atoms with van der Waals surface area (Å²) in [6.45, 7) is 16.9. The van der Waals surface area contributed by atoms with Crippen LogP contribution in [0.5, 0.6) is 11.5 Å². The molecule has 0 N–H and O–H groups in total. The molecule has 2 aromatic heterocycles. The highest BCUT2D eigenvalue weighted by Crippen LogP contribution is 2.39. The summed E-state index contributed by atoms with van der Waals surface area (Å²) >= 11 is 0. The summed E-state index contributed by atoms with van der Waals surface area (Å²) in [6.07, 6.45) is 4.55. The normalized spacial score (nSPS) is 13.8. The predicted octanol–water partition coefficient (Wildman–Crippen LogP) is 10.8. The van der Waals surface area contributed by atoms with Crippen LogP contribution in [0.3, 0.4) is 0 Å². The van der Waals surface area contributed by atoms with Gasteiger partial charge in [0.2, 0.25) is 11.6 Å². The second-order valence-electron chi connectivity index (χ2n) is 16.8. The van der Waals surface area contributed by atoms with Crippen LogP contribution in [-0.2, 0) is 28.8 Å². The van der Waals surface area contributed by atoms with Gasteiger partial charge in [-0.2, -0.15) is 20.5 Å². The number of fused-ring (bicyclic) bond motifs is 2. The summed E-state index contributed by atoms with van der Waals surface area (Å²) in [5, 5.41) is 27.0. The Morgan fingerprint density at radius 1 is 0.717 bits per heavy atom. The van der Waals surface area contributed by atoms with Crippen LogP contribution in [0.2, 0.25) is 0 Å². The predicted molar refractivity (Wildman–Crippen MR) is 227 cm³/mol. The van der Waals surface area contributed by atoms with E-state index in [4.69, 9.17) is 23.3 Å². The molecule has 1 atom stereocenters. The van der Waals surface area contributed by atoms with E-state index in [0.717, 1.165) is 53.5 Å². The molecule has 0 unspecified atom stereocenters. The van der Waals surface area contributed by atoms with Crippen LogP contribution in [0.4, 0.5) is 0 Å². The molecule has 2 aliphatic rings. The van der Waals surface area contributed by atoms with E-state index in [1.54, 1.807) is 36.4 Å². The first kappa shape index (κ1) is 42.8. The average molecular weight is 807 g/mol. The largest absolute Gasteiger partial charge is 0.490 e. The lowest BCUT2D eigenvalue weighted by Crippen LogP contribution is -2.06. The van der Waals surface area contributed by atoms with Gasteiger partial charge in [0.05, 0.1) is 23.3 Å². The van der Waals surface area contributed by atoms with Crippen LogP contribution in [0, 0.1) is 28.1 Å². The Bertz CT molecular complexity index is 2530. The van der Waals surface area contributed by atoms with Crippen molar-refractivity contribution in [2.45, 2.75) is 106 Å². The Hall–Kier alpha value is -6.79. The zero-order valence-corrected chi connectivity index (χ0v) is 35.4. The summed E-state index contributed by atoms with van der Waals surface area (Å²) < 4.78 is 27.5. The molecule has 60 heavy (non-hydrogen) atoms. The molecule has 2 aliphatic carbocycles. The van der Waals surface area contributed by atoms with Gasteiger partial charge in [-0.3, -0.25) is 4.79 Å². The maximum atomic E-state index is 10.7. The third-order valence-corrected chi connectivity index (χ3v) is 9.34. The van der Waals surface area contributed by atoms with Crippen molar-refractivity contribution in [2.75, 3.05) is 0 Å². The van der Waals surface area contributed by atoms with Gasteiger partial charge in [-0.05, 0) is 124 Å². The lowest BCUT2D eigenvalue weighted by Gasteiger charge is -2.11. The zero-order valence-electron chi connectivity index (χ0n) is 35.4. The van der Waals surface area contributed by atoms with Gasteiger partial charge in [-0.25, -0.2) is 0 Å². The Balaban J connectivity index is 0.000000182. The number of ether oxygens (including phenoxy) is 3. The molecule has 12 heteroatoms. The van der Waals surface area contributed by atoms with E-state index in [-0.39, 0.29) is 18.3 Å². The molecule has 0 spiro atoms. The van der Waals surface area contributed by atoms with Gasteiger partial charge in [0.1, 0.15) is 29.7 Å². The van der Waals surface area contributed by atoms with Gasteiger partial charge in [0, 0.05) is 22.3 Å². The maximum Gasteiger partial charge on any atom is 0.293 e. The van der Waals surface area contributed by atoms with E-state index in [0.29, 0.717) is 63.5 Å². The van der Waals surface area contributed by atoms with Gasteiger partial charge in [-0.15, -0.1) is 0 Å². The number of carbonyl (C=O) groups excluding carboxylic acids is 1. The van der Waals surface area contributed by atoms with Crippen molar-refractivity contribution in [2.24, 2.45) is 5.41 Å². The molecular weight excluding hydrogens is 757 g/mol. The van der Waals surface area contributed by atoms with Crippen LogP contribution in [0.25, 0.3) is 45.7 Å². The van der Waals surface area contributed by atoms with Crippen LogP contribution < -0.4 is 9.47 Å². The second-order valence-corrected chi connectivity index (χ2v) is 16.8. The maximum absolute atomic E-state index is 10.7. The molecule has 0 radical (unpaired) electrons. The Morgan fingerprint density at radius 3 is 1.92 bits per heavy atom. The smallest absolute Gasteiger partial charge is 0.293 e. The Labute approximate surface area is 351 Å². The minimum atomic E-state index is -0.236. The van der Waals surface area contributed by atoms with Crippen molar-refractivity contribution in [3.8, 4) is 69.3 Å². The SMILES string of the molecule is CC(C)(C)C.CC(C)Oc1cc(-c2nc(-c3cccc4c3CCC4)no2)ccc1C#N.CC(C)Oc1ccc(-c2nc(-c3cccc4c3CC[C@H]4OC=O)no2)cc1C#N. The van der Waals surface area contributed by atoms with E-state index in [9.17, 15) is 15.3 Å². The van der Waals surface area contributed by atoms with Gasteiger partial charge in [0.15, 0.2) is 0 Å². The van der Waals surface area contributed by atoms with E-state index in [2.05, 4.69) is 66.2 Å². The summed E-state index contributed by atoms with van der Waals surface area (Å²) in [7, 11) is 0. The van der Waals surface area contributed by atoms with Gasteiger partial charge < -0.3 is 23.3 Å². The van der Waals surface area contributed by atoms with Crippen molar-refractivity contribution >= 4 is 6.47 Å². The number of aryl methyl sites for hydroxylation is 1. The number of hydrogen-bond acceptors (Lipinski definition) is 12.